The molecular formula is C17H24N2O. The van der Waals surface area contributed by atoms with E-state index < -0.39 is 0 Å². The monoisotopic (exact) mass is 272 g/mol. The molecule has 1 aromatic rings. The number of nitrogens with zero attached hydrogens (tertiary/aromatic N) is 1. The highest BCUT2D eigenvalue weighted by Crippen LogP contribution is 2.35. The third-order valence-electron chi connectivity index (χ3n) is 4.90. The van der Waals surface area contributed by atoms with Gasteiger partial charge in [0.1, 0.15) is 0 Å². The highest BCUT2D eigenvalue weighted by atomic mass is 16.2. The lowest BCUT2D eigenvalue weighted by Gasteiger charge is -2.44. The maximum absolute atomic E-state index is 12.6. The summed E-state index contributed by atoms with van der Waals surface area (Å²) in [6.07, 6.45) is 8.16. The molecule has 2 aliphatic rings. The summed E-state index contributed by atoms with van der Waals surface area (Å²) >= 11 is 0. The molecule has 3 nitrogen and oxygen atoms in total. The standard InChI is InChI=1S/C17H24N2O/c18-15-9-7-13(8-10-15)12-17(20)19-11-3-5-14-4-1-2-6-16(14)19/h7-10,14,16H,1-6,11-12,18H2/t14-,16+/m1/s1. The molecule has 3 rings (SSSR count). The maximum atomic E-state index is 12.6. The van der Waals surface area contributed by atoms with Crippen LogP contribution in [0.5, 0.6) is 0 Å². The van der Waals surface area contributed by atoms with Crippen LogP contribution in [0.3, 0.4) is 0 Å². The fourth-order valence-corrected chi connectivity index (χ4v) is 3.85. The van der Waals surface area contributed by atoms with E-state index in [4.69, 9.17) is 5.73 Å². The average Bonchev–Trinajstić information content (AvgIpc) is 2.49. The molecule has 1 aliphatic heterocycles. The van der Waals surface area contributed by atoms with Gasteiger partial charge in [0.2, 0.25) is 5.91 Å². The number of fused-ring (bicyclic) bond motifs is 1. The lowest BCUT2D eigenvalue weighted by Crippen LogP contribution is -2.50. The molecule has 1 aromatic carbocycles. The average molecular weight is 272 g/mol. The van der Waals surface area contributed by atoms with Gasteiger partial charge in [-0.1, -0.05) is 25.0 Å². The van der Waals surface area contributed by atoms with Crippen molar-refractivity contribution in [3.8, 4) is 0 Å². The summed E-state index contributed by atoms with van der Waals surface area (Å²) in [6, 6.07) is 8.20. The van der Waals surface area contributed by atoms with Gasteiger partial charge in [-0.3, -0.25) is 4.79 Å². The van der Waals surface area contributed by atoms with E-state index in [2.05, 4.69) is 4.90 Å². The Hall–Kier alpha value is -1.51. The molecule has 20 heavy (non-hydrogen) atoms. The van der Waals surface area contributed by atoms with Crippen LogP contribution in [0.25, 0.3) is 0 Å². The van der Waals surface area contributed by atoms with Crippen molar-refractivity contribution in [1.82, 2.24) is 4.90 Å². The van der Waals surface area contributed by atoms with Crippen molar-refractivity contribution < 1.29 is 4.79 Å². The maximum Gasteiger partial charge on any atom is 0.227 e. The van der Waals surface area contributed by atoms with Crippen LogP contribution in [-0.2, 0) is 11.2 Å². The number of benzene rings is 1. The van der Waals surface area contributed by atoms with E-state index >= 15 is 0 Å². The van der Waals surface area contributed by atoms with E-state index in [1.807, 2.05) is 24.3 Å². The zero-order chi connectivity index (χ0) is 13.9. The molecule has 2 atom stereocenters. The molecule has 1 saturated carbocycles. The fraction of sp³-hybridized carbons (Fsp3) is 0.588. The highest BCUT2D eigenvalue weighted by Gasteiger charge is 2.35. The van der Waals surface area contributed by atoms with Crippen LogP contribution < -0.4 is 5.73 Å². The van der Waals surface area contributed by atoms with Crippen LogP contribution >= 0.6 is 0 Å². The summed E-state index contributed by atoms with van der Waals surface area (Å²) in [6.45, 7) is 0.953. The van der Waals surface area contributed by atoms with Crippen molar-refractivity contribution in [2.24, 2.45) is 5.92 Å². The number of carbonyl (C=O) groups excluding carboxylic acids is 1. The first-order valence-electron chi connectivity index (χ1n) is 7.88. The first-order chi connectivity index (χ1) is 9.74. The SMILES string of the molecule is Nc1ccc(CC(=O)N2CCC[C@H]3CCCC[C@@H]32)cc1. The normalized spacial score (nSPS) is 26.1. The third kappa shape index (κ3) is 2.82. The molecule has 0 aromatic heterocycles. The van der Waals surface area contributed by atoms with Crippen molar-refractivity contribution in [3.63, 3.8) is 0 Å². The Labute approximate surface area is 121 Å². The van der Waals surface area contributed by atoms with Crippen molar-refractivity contribution in [1.29, 1.82) is 0 Å². The number of hydrogen-bond donors (Lipinski definition) is 1. The van der Waals surface area contributed by atoms with Gasteiger partial charge in [-0.2, -0.15) is 0 Å². The van der Waals surface area contributed by atoms with Crippen LogP contribution in [-0.4, -0.2) is 23.4 Å². The van der Waals surface area contributed by atoms with E-state index in [-0.39, 0.29) is 0 Å². The Morgan fingerprint density at radius 1 is 1.10 bits per heavy atom. The minimum absolute atomic E-state index is 0.298. The van der Waals surface area contributed by atoms with Gasteiger partial charge in [0, 0.05) is 18.3 Å². The lowest BCUT2D eigenvalue weighted by molar-refractivity contribution is -0.136. The minimum atomic E-state index is 0.298. The van der Waals surface area contributed by atoms with E-state index in [0.29, 0.717) is 18.4 Å². The first kappa shape index (κ1) is 13.5. The molecule has 2 fully saturated rings. The van der Waals surface area contributed by atoms with Crippen LogP contribution in [0.15, 0.2) is 24.3 Å². The summed E-state index contributed by atoms with van der Waals surface area (Å²) < 4.78 is 0. The predicted molar refractivity (Wildman–Crippen MR) is 81.3 cm³/mol. The van der Waals surface area contributed by atoms with Gasteiger partial charge in [0.15, 0.2) is 0 Å². The van der Waals surface area contributed by atoms with Crippen molar-refractivity contribution >= 4 is 11.6 Å². The van der Waals surface area contributed by atoms with E-state index in [9.17, 15) is 4.79 Å². The summed E-state index contributed by atoms with van der Waals surface area (Å²) in [5, 5.41) is 0. The molecule has 1 saturated heterocycles. The number of nitrogen functional groups attached to an aromatic ring is 1. The first-order valence-corrected chi connectivity index (χ1v) is 7.88. The second-order valence-corrected chi connectivity index (χ2v) is 6.26. The summed E-state index contributed by atoms with van der Waals surface area (Å²) in [5.74, 6) is 1.05. The minimum Gasteiger partial charge on any atom is -0.399 e. The predicted octanol–water partition coefficient (Wildman–Crippen LogP) is 2.99. The van der Waals surface area contributed by atoms with Crippen molar-refractivity contribution in [2.45, 2.75) is 51.0 Å². The second-order valence-electron chi connectivity index (χ2n) is 6.26. The Bertz CT molecular complexity index is 466. The number of piperidine rings is 1. The molecule has 0 radical (unpaired) electrons. The van der Waals surface area contributed by atoms with Crippen molar-refractivity contribution in [2.75, 3.05) is 12.3 Å². The topological polar surface area (TPSA) is 46.3 Å². The van der Waals surface area contributed by atoms with Gasteiger partial charge in [-0.15, -0.1) is 0 Å². The highest BCUT2D eigenvalue weighted by molar-refractivity contribution is 5.79. The molecule has 1 heterocycles. The molecule has 2 N–H and O–H groups in total. The quantitative estimate of drug-likeness (QED) is 0.841. The summed E-state index contributed by atoms with van der Waals surface area (Å²) in [7, 11) is 0. The van der Waals surface area contributed by atoms with Crippen LogP contribution in [0.4, 0.5) is 5.69 Å². The number of carbonyl (C=O) groups is 1. The number of likely N-dealkylation sites (tertiary alicyclic amines) is 1. The Morgan fingerprint density at radius 3 is 2.60 bits per heavy atom. The molecule has 108 valence electrons. The van der Waals surface area contributed by atoms with Crippen LogP contribution in [0.1, 0.15) is 44.1 Å². The molecule has 0 bridgehead atoms. The van der Waals surface area contributed by atoms with Gasteiger partial charge < -0.3 is 10.6 Å². The third-order valence-corrected chi connectivity index (χ3v) is 4.90. The van der Waals surface area contributed by atoms with E-state index in [0.717, 1.165) is 23.7 Å². The number of anilines is 1. The zero-order valence-corrected chi connectivity index (χ0v) is 12.1. The lowest BCUT2D eigenvalue weighted by atomic mass is 9.78. The van der Waals surface area contributed by atoms with Gasteiger partial charge >= 0.3 is 0 Å². The smallest absolute Gasteiger partial charge is 0.227 e. The molecule has 3 heteroatoms. The molecule has 0 unspecified atom stereocenters. The van der Waals surface area contributed by atoms with Crippen LogP contribution in [0, 0.1) is 5.92 Å². The second kappa shape index (κ2) is 5.86. The van der Waals surface area contributed by atoms with Crippen molar-refractivity contribution in [3.05, 3.63) is 29.8 Å². The van der Waals surface area contributed by atoms with E-state index in [1.165, 1.54) is 38.5 Å². The summed E-state index contributed by atoms with van der Waals surface area (Å²) in [4.78, 5) is 14.8. The van der Waals surface area contributed by atoms with Gasteiger partial charge in [-0.05, 0) is 49.3 Å². The van der Waals surface area contributed by atoms with Gasteiger partial charge in [-0.25, -0.2) is 0 Å². The largest absolute Gasteiger partial charge is 0.399 e. The molecular weight excluding hydrogens is 248 g/mol. The number of hydrogen-bond acceptors (Lipinski definition) is 2. The fourth-order valence-electron chi connectivity index (χ4n) is 3.85. The number of rotatable bonds is 2. The Balaban J connectivity index is 1.67. The zero-order valence-electron chi connectivity index (χ0n) is 12.1. The molecule has 1 amide bonds. The molecule has 1 aliphatic carbocycles. The Kier molecular flexibility index (Phi) is 3.95. The van der Waals surface area contributed by atoms with Crippen LogP contribution in [0.2, 0.25) is 0 Å². The number of nitrogens with two attached hydrogens (primary N) is 1. The summed E-state index contributed by atoms with van der Waals surface area (Å²) in [5.41, 5.74) is 7.52. The number of amides is 1. The van der Waals surface area contributed by atoms with E-state index in [1.54, 1.807) is 0 Å². The van der Waals surface area contributed by atoms with Gasteiger partial charge in [0.25, 0.3) is 0 Å². The van der Waals surface area contributed by atoms with Gasteiger partial charge in [0.05, 0.1) is 6.42 Å². The molecule has 0 spiro atoms. The Morgan fingerprint density at radius 2 is 1.80 bits per heavy atom.